The Hall–Kier alpha value is -1.07. The average Bonchev–Trinajstić information content (AvgIpc) is 2.51. The molecule has 14 heavy (non-hydrogen) atoms. The van der Waals surface area contributed by atoms with Crippen LogP contribution in [0.5, 0.6) is 0 Å². The van der Waals surface area contributed by atoms with E-state index in [1.54, 1.807) is 23.1 Å². The van der Waals surface area contributed by atoms with Gasteiger partial charge < -0.3 is 5.73 Å². The Bertz CT molecular complexity index is 439. The number of nitrogens with zero attached hydrogens (tertiary/aromatic N) is 2. The molecule has 5 heteroatoms. The van der Waals surface area contributed by atoms with Crippen LogP contribution in [0, 0.1) is 6.92 Å². The van der Waals surface area contributed by atoms with Crippen molar-refractivity contribution >= 4 is 28.8 Å². The van der Waals surface area contributed by atoms with E-state index < -0.39 is 0 Å². The topological polar surface area (TPSA) is 51.8 Å². The van der Waals surface area contributed by atoms with Crippen molar-refractivity contribution in [1.82, 2.24) is 10.2 Å². The van der Waals surface area contributed by atoms with E-state index in [-0.39, 0.29) is 0 Å². The molecular weight excluding hydrogens is 214 g/mol. The molecule has 0 aliphatic carbocycles. The standard InChI is InChI=1S/C9H9N3S2/c1-6-11-12-9(13-6)14-8-4-2-3-7(10)5-8/h2-5H,10H2,1H3. The molecule has 0 spiro atoms. The summed E-state index contributed by atoms with van der Waals surface area (Å²) in [6.45, 7) is 1.95. The van der Waals surface area contributed by atoms with Crippen LogP contribution in [0.3, 0.4) is 0 Å². The van der Waals surface area contributed by atoms with Crippen LogP contribution in [0.2, 0.25) is 0 Å². The fourth-order valence-electron chi connectivity index (χ4n) is 0.999. The van der Waals surface area contributed by atoms with E-state index >= 15 is 0 Å². The third kappa shape index (κ3) is 2.24. The van der Waals surface area contributed by atoms with E-state index in [0.717, 1.165) is 19.9 Å². The summed E-state index contributed by atoms with van der Waals surface area (Å²) >= 11 is 3.18. The summed E-state index contributed by atoms with van der Waals surface area (Å²) in [6.07, 6.45) is 0. The van der Waals surface area contributed by atoms with Crippen LogP contribution in [0.4, 0.5) is 5.69 Å². The van der Waals surface area contributed by atoms with E-state index in [4.69, 9.17) is 5.73 Å². The fraction of sp³-hybridized carbons (Fsp3) is 0.111. The quantitative estimate of drug-likeness (QED) is 0.795. The normalized spacial score (nSPS) is 10.4. The number of anilines is 1. The molecule has 1 heterocycles. The SMILES string of the molecule is Cc1nnc(Sc2cccc(N)c2)s1. The van der Waals surface area contributed by atoms with Crippen molar-refractivity contribution in [3.63, 3.8) is 0 Å². The first-order valence-corrected chi connectivity index (χ1v) is 5.71. The lowest BCUT2D eigenvalue weighted by molar-refractivity contribution is 0.984. The van der Waals surface area contributed by atoms with Crippen LogP contribution in [-0.2, 0) is 0 Å². The summed E-state index contributed by atoms with van der Waals surface area (Å²) in [5.41, 5.74) is 6.45. The molecule has 2 aromatic rings. The lowest BCUT2D eigenvalue weighted by atomic mass is 10.3. The van der Waals surface area contributed by atoms with Crippen LogP contribution < -0.4 is 5.73 Å². The van der Waals surface area contributed by atoms with Gasteiger partial charge in [0.25, 0.3) is 0 Å². The summed E-state index contributed by atoms with van der Waals surface area (Å²) in [7, 11) is 0. The molecule has 0 fully saturated rings. The second kappa shape index (κ2) is 3.98. The minimum atomic E-state index is 0.774. The minimum Gasteiger partial charge on any atom is -0.399 e. The van der Waals surface area contributed by atoms with Crippen LogP contribution in [-0.4, -0.2) is 10.2 Å². The highest BCUT2D eigenvalue weighted by Crippen LogP contribution is 2.30. The molecule has 0 unspecified atom stereocenters. The zero-order chi connectivity index (χ0) is 9.97. The Morgan fingerprint density at radius 2 is 2.21 bits per heavy atom. The lowest BCUT2D eigenvalue weighted by Gasteiger charge is -1.97. The van der Waals surface area contributed by atoms with Gasteiger partial charge in [-0.15, -0.1) is 10.2 Å². The molecule has 72 valence electrons. The Balaban J connectivity index is 2.18. The van der Waals surface area contributed by atoms with Gasteiger partial charge in [0.1, 0.15) is 5.01 Å². The maximum absolute atomic E-state index is 5.67. The predicted molar refractivity (Wildman–Crippen MR) is 59.6 cm³/mol. The van der Waals surface area contributed by atoms with Crippen molar-refractivity contribution in [3.8, 4) is 0 Å². The molecule has 2 rings (SSSR count). The zero-order valence-corrected chi connectivity index (χ0v) is 9.23. The maximum atomic E-state index is 5.67. The number of hydrogen-bond donors (Lipinski definition) is 1. The summed E-state index contributed by atoms with van der Waals surface area (Å²) in [6, 6.07) is 7.75. The molecule has 2 N–H and O–H groups in total. The van der Waals surface area contributed by atoms with E-state index in [0.29, 0.717) is 0 Å². The lowest BCUT2D eigenvalue weighted by Crippen LogP contribution is -1.83. The Labute approximate surface area is 90.4 Å². The molecule has 0 bridgehead atoms. The van der Waals surface area contributed by atoms with Gasteiger partial charge in [-0.25, -0.2) is 0 Å². The molecule has 0 atom stereocenters. The highest BCUT2D eigenvalue weighted by molar-refractivity contribution is 8.01. The molecular formula is C9H9N3S2. The van der Waals surface area contributed by atoms with Crippen LogP contribution >= 0.6 is 23.1 Å². The average molecular weight is 223 g/mol. The number of nitrogens with two attached hydrogens (primary N) is 1. The monoisotopic (exact) mass is 223 g/mol. The number of aryl methyl sites for hydroxylation is 1. The van der Waals surface area contributed by atoms with Gasteiger partial charge in [-0.3, -0.25) is 0 Å². The number of nitrogen functional groups attached to an aromatic ring is 1. The van der Waals surface area contributed by atoms with Crippen LogP contribution in [0.25, 0.3) is 0 Å². The smallest absolute Gasteiger partial charge is 0.179 e. The van der Waals surface area contributed by atoms with Crippen molar-refractivity contribution in [3.05, 3.63) is 29.3 Å². The molecule has 0 aliphatic rings. The first-order chi connectivity index (χ1) is 6.74. The molecule has 0 aliphatic heterocycles. The Morgan fingerprint density at radius 3 is 2.86 bits per heavy atom. The first-order valence-electron chi connectivity index (χ1n) is 4.07. The zero-order valence-electron chi connectivity index (χ0n) is 7.60. The Morgan fingerprint density at radius 1 is 1.36 bits per heavy atom. The number of aromatic nitrogens is 2. The largest absolute Gasteiger partial charge is 0.399 e. The van der Waals surface area contributed by atoms with E-state index in [1.807, 2.05) is 31.2 Å². The highest BCUT2D eigenvalue weighted by Gasteiger charge is 2.02. The molecule has 1 aromatic carbocycles. The molecule has 0 saturated heterocycles. The van der Waals surface area contributed by atoms with Crippen LogP contribution in [0.15, 0.2) is 33.5 Å². The second-order valence-corrected chi connectivity index (χ2v) is 5.26. The third-order valence-corrected chi connectivity index (χ3v) is 3.45. The number of rotatable bonds is 2. The van der Waals surface area contributed by atoms with E-state index in [1.165, 1.54) is 0 Å². The molecule has 1 aromatic heterocycles. The van der Waals surface area contributed by atoms with Gasteiger partial charge in [0.15, 0.2) is 4.34 Å². The fourth-order valence-corrected chi connectivity index (χ4v) is 2.86. The van der Waals surface area contributed by atoms with Gasteiger partial charge >= 0.3 is 0 Å². The van der Waals surface area contributed by atoms with Crippen molar-refractivity contribution in [1.29, 1.82) is 0 Å². The summed E-state index contributed by atoms with van der Waals surface area (Å²) in [5.74, 6) is 0. The molecule has 0 radical (unpaired) electrons. The highest BCUT2D eigenvalue weighted by atomic mass is 32.2. The van der Waals surface area contributed by atoms with Crippen LogP contribution in [0.1, 0.15) is 5.01 Å². The molecule has 0 saturated carbocycles. The van der Waals surface area contributed by atoms with Gasteiger partial charge in [-0.2, -0.15) is 0 Å². The molecule has 3 nitrogen and oxygen atoms in total. The predicted octanol–water partition coefficient (Wildman–Crippen LogP) is 2.58. The number of hydrogen-bond acceptors (Lipinski definition) is 5. The maximum Gasteiger partial charge on any atom is 0.179 e. The summed E-state index contributed by atoms with van der Waals surface area (Å²) in [5, 5.41) is 8.97. The van der Waals surface area contributed by atoms with Gasteiger partial charge in [-0.05, 0) is 25.1 Å². The van der Waals surface area contributed by atoms with E-state index in [2.05, 4.69) is 10.2 Å². The number of benzene rings is 1. The third-order valence-electron chi connectivity index (χ3n) is 1.57. The van der Waals surface area contributed by atoms with Gasteiger partial charge in [0.2, 0.25) is 0 Å². The first kappa shape index (κ1) is 9.48. The second-order valence-electron chi connectivity index (χ2n) is 2.76. The Kier molecular flexibility index (Phi) is 2.69. The van der Waals surface area contributed by atoms with Crippen molar-refractivity contribution < 1.29 is 0 Å². The van der Waals surface area contributed by atoms with Gasteiger partial charge in [-0.1, -0.05) is 29.2 Å². The van der Waals surface area contributed by atoms with Crippen molar-refractivity contribution in [2.45, 2.75) is 16.2 Å². The summed E-state index contributed by atoms with van der Waals surface area (Å²) in [4.78, 5) is 1.10. The van der Waals surface area contributed by atoms with Gasteiger partial charge in [0, 0.05) is 10.6 Å². The van der Waals surface area contributed by atoms with E-state index in [9.17, 15) is 0 Å². The minimum absolute atomic E-state index is 0.774. The summed E-state index contributed by atoms with van der Waals surface area (Å²) < 4.78 is 0.952. The van der Waals surface area contributed by atoms with Crippen molar-refractivity contribution in [2.75, 3.05) is 5.73 Å². The van der Waals surface area contributed by atoms with Crippen molar-refractivity contribution in [2.24, 2.45) is 0 Å². The molecule has 0 amide bonds. The van der Waals surface area contributed by atoms with Gasteiger partial charge in [0.05, 0.1) is 0 Å².